The fraction of sp³-hybridized carbons (Fsp3) is 0.188. The first-order valence-corrected chi connectivity index (χ1v) is 7.16. The molecule has 1 aromatic heterocycles. The summed E-state index contributed by atoms with van der Waals surface area (Å²) < 4.78 is 29.0. The number of hydrogen-bond acceptors (Lipinski definition) is 1. The second kappa shape index (κ2) is 5.82. The Balaban J connectivity index is 2.00. The Morgan fingerprint density at radius 1 is 1.10 bits per heavy atom. The number of nitrogens with zero attached hydrogens (tertiary/aromatic N) is 2. The van der Waals surface area contributed by atoms with E-state index < -0.39 is 11.6 Å². The average molecular weight is 307 g/mol. The molecule has 1 heterocycles. The normalized spacial score (nSPS) is 11.2. The molecule has 0 amide bonds. The van der Waals surface area contributed by atoms with Crippen LogP contribution in [0.2, 0.25) is 0 Å². The lowest BCUT2D eigenvalue weighted by atomic mass is 10.1. The Morgan fingerprint density at radius 2 is 1.86 bits per heavy atom. The number of imidazole rings is 1. The van der Waals surface area contributed by atoms with Gasteiger partial charge in [0.1, 0.15) is 17.2 Å². The first kappa shape index (κ1) is 14.0. The molecule has 0 spiro atoms. The maximum Gasteiger partial charge on any atom is 0.153 e. The monoisotopic (exact) mass is 306 g/mol. The summed E-state index contributed by atoms with van der Waals surface area (Å²) in [5.74, 6) is -0.561. The Bertz CT molecular complexity index is 769. The highest BCUT2D eigenvalue weighted by Crippen LogP contribution is 2.22. The number of alkyl halides is 1. The molecule has 21 heavy (non-hydrogen) atoms. The predicted molar refractivity (Wildman–Crippen MR) is 79.4 cm³/mol. The van der Waals surface area contributed by atoms with E-state index in [4.69, 9.17) is 11.6 Å². The number of hydrogen-bond donors (Lipinski definition) is 0. The SMILES string of the molecule is Fc1cc(F)c2nc(CCl)n(CCc3ccccc3)c2c1. The maximum absolute atomic E-state index is 13.8. The molecule has 2 aromatic carbocycles. The zero-order valence-electron chi connectivity index (χ0n) is 11.2. The first-order chi connectivity index (χ1) is 10.2. The Kier molecular flexibility index (Phi) is 3.88. The van der Waals surface area contributed by atoms with Gasteiger partial charge in [-0.2, -0.15) is 0 Å². The summed E-state index contributed by atoms with van der Waals surface area (Å²) in [4.78, 5) is 4.17. The van der Waals surface area contributed by atoms with E-state index in [0.717, 1.165) is 18.1 Å². The molecule has 0 radical (unpaired) electrons. The number of aromatic nitrogens is 2. The topological polar surface area (TPSA) is 17.8 Å². The van der Waals surface area contributed by atoms with Gasteiger partial charge in [-0.25, -0.2) is 13.8 Å². The number of halogens is 3. The molecular weight excluding hydrogens is 294 g/mol. The first-order valence-electron chi connectivity index (χ1n) is 6.63. The van der Waals surface area contributed by atoms with E-state index in [2.05, 4.69) is 4.98 Å². The molecule has 0 fully saturated rings. The van der Waals surface area contributed by atoms with Crippen LogP contribution in [0.3, 0.4) is 0 Å². The molecular formula is C16H13ClF2N2. The van der Waals surface area contributed by atoms with Crippen molar-refractivity contribution >= 4 is 22.6 Å². The summed E-state index contributed by atoms with van der Waals surface area (Å²) in [6, 6.07) is 12.0. The smallest absolute Gasteiger partial charge is 0.153 e. The van der Waals surface area contributed by atoms with E-state index in [-0.39, 0.29) is 11.4 Å². The van der Waals surface area contributed by atoms with Crippen molar-refractivity contribution in [3.05, 3.63) is 65.5 Å². The van der Waals surface area contributed by atoms with Gasteiger partial charge in [-0.05, 0) is 18.1 Å². The van der Waals surface area contributed by atoms with Crippen molar-refractivity contribution in [3.63, 3.8) is 0 Å². The molecule has 5 heteroatoms. The molecule has 0 saturated carbocycles. The molecule has 0 N–H and O–H groups in total. The molecule has 0 unspecified atom stereocenters. The van der Waals surface area contributed by atoms with E-state index >= 15 is 0 Å². The lowest BCUT2D eigenvalue weighted by Gasteiger charge is -2.08. The zero-order valence-corrected chi connectivity index (χ0v) is 11.9. The highest BCUT2D eigenvalue weighted by Gasteiger charge is 2.14. The van der Waals surface area contributed by atoms with Crippen LogP contribution in [0.1, 0.15) is 11.4 Å². The third-order valence-corrected chi connectivity index (χ3v) is 3.68. The molecule has 0 saturated heterocycles. The fourth-order valence-corrected chi connectivity index (χ4v) is 2.64. The fourth-order valence-electron chi connectivity index (χ4n) is 2.43. The summed E-state index contributed by atoms with van der Waals surface area (Å²) in [6.45, 7) is 0.575. The molecule has 3 aromatic rings. The molecule has 3 rings (SSSR count). The van der Waals surface area contributed by atoms with Crippen LogP contribution in [-0.4, -0.2) is 9.55 Å². The molecule has 108 valence electrons. The lowest BCUT2D eigenvalue weighted by molar-refractivity contribution is 0.589. The lowest BCUT2D eigenvalue weighted by Crippen LogP contribution is -2.05. The van der Waals surface area contributed by atoms with Crippen LogP contribution in [0.4, 0.5) is 8.78 Å². The predicted octanol–water partition coefficient (Wildman–Crippen LogP) is 4.30. The van der Waals surface area contributed by atoms with Gasteiger partial charge in [0.15, 0.2) is 5.82 Å². The van der Waals surface area contributed by atoms with Crippen LogP contribution in [0.25, 0.3) is 11.0 Å². The number of fused-ring (bicyclic) bond motifs is 1. The van der Waals surface area contributed by atoms with E-state index in [9.17, 15) is 8.78 Å². The standard InChI is InChI=1S/C16H13ClF2N2/c17-10-15-20-16-13(19)8-12(18)9-14(16)21(15)7-6-11-4-2-1-3-5-11/h1-5,8-9H,6-7,10H2. The number of benzene rings is 2. The molecule has 0 bridgehead atoms. The van der Waals surface area contributed by atoms with E-state index in [0.29, 0.717) is 17.9 Å². The van der Waals surface area contributed by atoms with Crippen LogP contribution in [0.15, 0.2) is 42.5 Å². The van der Waals surface area contributed by atoms with Crippen LogP contribution in [0.5, 0.6) is 0 Å². The minimum Gasteiger partial charge on any atom is -0.326 e. The van der Waals surface area contributed by atoms with Crippen molar-refractivity contribution in [2.45, 2.75) is 18.8 Å². The highest BCUT2D eigenvalue weighted by atomic mass is 35.5. The van der Waals surface area contributed by atoms with Gasteiger partial charge < -0.3 is 4.57 Å². The molecule has 2 nitrogen and oxygen atoms in total. The van der Waals surface area contributed by atoms with Crippen LogP contribution >= 0.6 is 11.6 Å². The second-order valence-corrected chi connectivity index (χ2v) is 5.07. The van der Waals surface area contributed by atoms with Crippen LogP contribution in [0, 0.1) is 11.6 Å². The zero-order chi connectivity index (χ0) is 14.8. The van der Waals surface area contributed by atoms with Gasteiger partial charge in [0, 0.05) is 12.6 Å². The van der Waals surface area contributed by atoms with Crippen molar-refractivity contribution in [3.8, 4) is 0 Å². The molecule has 0 aliphatic heterocycles. The average Bonchev–Trinajstić information content (AvgIpc) is 2.84. The van der Waals surface area contributed by atoms with Gasteiger partial charge in [-0.1, -0.05) is 30.3 Å². The Labute approximate surface area is 126 Å². The largest absolute Gasteiger partial charge is 0.326 e. The van der Waals surface area contributed by atoms with Crippen molar-refractivity contribution in [1.82, 2.24) is 9.55 Å². The van der Waals surface area contributed by atoms with E-state index in [1.807, 2.05) is 30.3 Å². The summed E-state index contributed by atoms with van der Waals surface area (Å²) in [7, 11) is 0. The van der Waals surface area contributed by atoms with E-state index in [1.54, 1.807) is 4.57 Å². The molecule has 0 aliphatic carbocycles. The Hall–Kier alpha value is -1.94. The minimum atomic E-state index is -0.658. The second-order valence-electron chi connectivity index (χ2n) is 4.80. The summed E-state index contributed by atoms with van der Waals surface area (Å²) in [5, 5.41) is 0. The van der Waals surface area contributed by atoms with Gasteiger partial charge in [-0.3, -0.25) is 0 Å². The third kappa shape index (κ3) is 2.76. The summed E-state index contributed by atoms with van der Waals surface area (Å²) >= 11 is 5.88. The number of aryl methyl sites for hydroxylation is 2. The van der Waals surface area contributed by atoms with Crippen LogP contribution in [-0.2, 0) is 18.8 Å². The van der Waals surface area contributed by atoms with Gasteiger partial charge in [0.05, 0.1) is 11.4 Å². The molecule has 0 atom stereocenters. The minimum absolute atomic E-state index is 0.157. The van der Waals surface area contributed by atoms with Gasteiger partial charge in [0.25, 0.3) is 0 Å². The highest BCUT2D eigenvalue weighted by molar-refractivity contribution is 6.16. The van der Waals surface area contributed by atoms with E-state index in [1.165, 1.54) is 6.07 Å². The Morgan fingerprint density at radius 3 is 2.57 bits per heavy atom. The summed E-state index contributed by atoms with van der Waals surface area (Å²) in [6.07, 6.45) is 0.744. The van der Waals surface area contributed by atoms with Crippen molar-refractivity contribution in [1.29, 1.82) is 0 Å². The van der Waals surface area contributed by atoms with Crippen molar-refractivity contribution in [2.75, 3.05) is 0 Å². The quantitative estimate of drug-likeness (QED) is 0.657. The van der Waals surface area contributed by atoms with Gasteiger partial charge in [0.2, 0.25) is 0 Å². The maximum atomic E-state index is 13.8. The van der Waals surface area contributed by atoms with Crippen molar-refractivity contribution in [2.24, 2.45) is 0 Å². The third-order valence-electron chi connectivity index (χ3n) is 3.44. The van der Waals surface area contributed by atoms with Gasteiger partial charge >= 0.3 is 0 Å². The van der Waals surface area contributed by atoms with Gasteiger partial charge in [-0.15, -0.1) is 11.6 Å². The number of rotatable bonds is 4. The van der Waals surface area contributed by atoms with Crippen molar-refractivity contribution < 1.29 is 8.78 Å². The van der Waals surface area contributed by atoms with Crippen LogP contribution < -0.4 is 0 Å². The summed E-state index contributed by atoms with van der Waals surface area (Å²) in [5.41, 5.74) is 1.76. The molecule has 0 aliphatic rings.